The van der Waals surface area contributed by atoms with E-state index in [0.717, 1.165) is 12.8 Å². The van der Waals surface area contributed by atoms with Crippen molar-refractivity contribution >= 4 is 0 Å². The SMILES string of the molecule is CC[C@H](O)C1=CCCCC1. The summed E-state index contributed by atoms with van der Waals surface area (Å²) in [6.07, 6.45) is 7.79. The Kier molecular flexibility index (Phi) is 2.94. The van der Waals surface area contributed by atoms with Gasteiger partial charge in [-0.3, -0.25) is 0 Å². The molecule has 0 aromatic carbocycles. The molecule has 0 fully saturated rings. The minimum absolute atomic E-state index is 0.153. The molecule has 0 saturated carbocycles. The Bertz CT molecular complexity index is 127. The molecule has 0 aromatic heterocycles. The Labute approximate surface area is 62.8 Å². The normalized spacial score (nSPS) is 22.0. The molecule has 0 spiro atoms. The van der Waals surface area contributed by atoms with Crippen molar-refractivity contribution in [1.29, 1.82) is 0 Å². The summed E-state index contributed by atoms with van der Waals surface area (Å²) in [6, 6.07) is 0. The molecular formula is C9H16O. The highest BCUT2D eigenvalue weighted by molar-refractivity contribution is 5.09. The third-order valence-corrected chi connectivity index (χ3v) is 2.14. The van der Waals surface area contributed by atoms with E-state index in [1.807, 2.05) is 6.92 Å². The third-order valence-electron chi connectivity index (χ3n) is 2.14. The van der Waals surface area contributed by atoms with Crippen molar-refractivity contribution in [3.63, 3.8) is 0 Å². The summed E-state index contributed by atoms with van der Waals surface area (Å²) in [6.45, 7) is 2.03. The summed E-state index contributed by atoms with van der Waals surface area (Å²) in [5.41, 5.74) is 1.27. The Morgan fingerprint density at radius 2 is 2.40 bits per heavy atom. The highest BCUT2D eigenvalue weighted by Crippen LogP contribution is 2.21. The van der Waals surface area contributed by atoms with Crippen molar-refractivity contribution in [1.82, 2.24) is 0 Å². The number of rotatable bonds is 2. The van der Waals surface area contributed by atoms with Gasteiger partial charge in [-0.25, -0.2) is 0 Å². The Balaban J connectivity index is 2.44. The van der Waals surface area contributed by atoms with Crippen LogP contribution in [0.25, 0.3) is 0 Å². The largest absolute Gasteiger partial charge is 0.389 e. The van der Waals surface area contributed by atoms with Gasteiger partial charge in [-0.15, -0.1) is 0 Å². The summed E-state index contributed by atoms with van der Waals surface area (Å²) in [5.74, 6) is 0. The summed E-state index contributed by atoms with van der Waals surface area (Å²) >= 11 is 0. The molecule has 0 heterocycles. The highest BCUT2D eigenvalue weighted by Gasteiger charge is 2.10. The van der Waals surface area contributed by atoms with E-state index < -0.39 is 0 Å². The molecule has 1 N–H and O–H groups in total. The zero-order chi connectivity index (χ0) is 7.40. The number of hydrogen-bond donors (Lipinski definition) is 1. The topological polar surface area (TPSA) is 20.2 Å². The molecule has 1 heteroatoms. The molecule has 10 heavy (non-hydrogen) atoms. The van der Waals surface area contributed by atoms with Gasteiger partial charge in [-0.1, -0.05) is 13.0 Å². The molecule has 0 amide bonds. The predicted octanol–water partition coefficient (Wildman–Crippen LogP) is 2.26. The maximum atomic E-state index is 9.41. The van der Waals surface area contributed by atoms with E-state index in [0.29, 0.717) is 0 Å². The average Bonchev–Trinajstić information content (AvgIpc) is 2.05. The maximum absolute atomic E-state index is 9.41. The van der Waals surface area contributed by atoms with Crippen LogP contribution in [-0.4, -0.2) is 11.2 Å². The number of aliphatic hydroxyl groups excluding tert-OH is 1. The van der Waals surface area contributed by atoms with Gasteiger partial charge >= 0.3 is 0 Å². The second kappa shape index (κ2) is 3.77. The molecule has 0 bridgehead atoms. The van der Waals surface area contributed by atoms with Crippen molar-refractivity contribution in [3.05, 3.63) is 11.6 Å². The molecule has 0 aliphatic heterocycles. The van der Waals surface area contributed by atoms with Gasteiger partial charge in [-0.05, 0) is 37.7 Å². The molecule has 1 aliphatic carbocycles. The van der Waals surface area contributed by atoms with E-state index in [2.05, 4.69) is 6.08 Å². The molecule has 0 saturated heterocycles. The van der Waals surface area contributed by atoms with Gasteiger partial charge in [0.15, 0.2) is 0 Å². The quantitative estimate of drug-likeness (QED) is 0.583. The first-order chi connectivity index (χ1) is 4.84. The van der Waals surface area contributed by atoms with Crippen LogP contribution in [0.4, 0.5) is 0 Å². The molecule has 1 atom stereocenters. The molecule has 1 rings (SSSR count). The molecule has 1 aliphatic rings. The lowest BCUT2D eigenvalue weighted by molar-refractivity contribution is 0.199. The minimum atomic E-state index is -0.153. The van der Waals surface area contributed by atoms with Crippen LogP contribution in [0, 0.1) is 0 Å². The Hall–Kier alpha value is -0.300. The number of allylic oxidation sites excluding steroid dienone is 1. The van der Waals surface area contributed by atoms with Gasteiger partial charge in [0.1, 0.15) is 0 Å². The first-order valence-electron chi connectivity index (χ1n) is 4.21. The lowest BCUT2D eigenvalue weighted by Gasteiger charge is -2.16. The van der Waals surface area contributed by atoms with E-state index in [-0.39, 0.29) is 6.10 Å². The summed E-state index contributed by atoms with van der Waals surface area (Å²) < 4.78 is 0. The number of aliphatic hydroxyl groups is 1. The van der Waals surface area contributed by atoms with Crippen LogP contribution in [0.15, 0.2) is 11.6 Å². The zero-order valence-electron chi connectivity index (χ0n) is 6.64. The van der Waals surface area contributed by atoms with Crippen molar-refractivity contribution < 1.29 is 5.11 Å². The first kappa shape index (κ1) is 7.80. The summed E-state index contributed by atoms with van der Waals surface area (Å²) in [7, 11) is 0. The van der Waals surface area contributed by atoms with Crippen LogP contribution in [-0.2, 0) is 0 Å². The standard InChI is InChI=1S/C9H16O/c1-2-9(10)8-6-4-3-5-7-8/h6,9-10H,2-5,7H2,1H3/t9-/m0/s1. The maximum Gasteiger partial charge on any atom is 0.0747 e. The van der Waals surface area contributed by atoms with Crippen LogP contribution in [0.3, 0.4) is 0 Å². The van der Waals surface area contributed by atoms with Gasteiger partial charge in [0.2, 0.25) is 0 Å². The second-order valence-corrected chi connectivity index (χ2v) is 2.95. The fourth-order valence-corrected chi connectivity index (χ4v) is 1.43. The molecular weight excluding hydrogens is 124 g/mol. The lowest BCUT2D eigenvalue weighted by atomic mass is 9.94. The van der Waals surface area contributed by atoms with Crippen LogP contribution in [0.2, 0.25) is 0 Å². The Morgan fingerprint density at radius 3 is 2.90 bits per heavy atom. The van der Waals surface area contributed by atoms with Gasteiger partial charge in [0.05, 0.1) is 6.10 Å². The Morgan fingerprint density at radius 1 is 1.60 bits per heavy atom. The van der Waals surface area contributed by atoms with E-state index in [1.165, 1.54) is 24.8 Å². The van der Waals surface area contributed by atoms with Crippen LogP contribution < -0.4 is 0 Å². The van der Waals surface area contributed by atoms with E-state index in [4.69, 9.17) is 0 Å². The number of hydrogen-bond acceptors (Lipinski definition) is 1. The fraction of sp³-hybridized carbons (Fsp3) is 0.778. The van der Waals surface area contributed by atoms with E-state index in [9.17, 15) is 5.11 Å². The lowest BCUT2D eigenvalue weighted by Crippen LogP contribution is -2.10. The van der Waals surface area contributed by atoms with Crippen LogP contribution >= 0.6 is 0 Å². The summed E-state index contributed by atoms with van der Waals surface area (Å²) in [5, 5.41) is 9.41. The zero-order valence-corrected chi connectivity index (χ0v) is 6.64. The average molecular weight is 140 g/mol. The van der Waals surface area contributed by atoms with Gasteiger partial charge in [0.25, 0.3) is 0 Å². The molecule has 0 radical (unpaired) electrons. The fourth-order valence-electron chi connectivity index (χ4n) is 1.43. The van der Waals surface area contributed by atoms with Gasteiger partial charge in [0, 0.05) is 0 Å². The van der Waals surface area contributed by atoms with Crippen molar-refractivity contribution in [2.24, 2.45) is 0 Å². The van der Waals surface area contributed by atoms with Crippen molar-refractivity contribution in [2.45, 2.75) is 45.1 Å². The second-order valence-electron chi connectivity index (χ2n) is 2.95. The summed E-state index contributed by atoms with van der Waals surface area (Å²) in [4.78, 5) is 0. The van der Waals surface area contributed by atoms with Gasteiger partial charge < -0.3 is 5.11 Å². The van der Waals surface area contributed by atoms with Gasteiger partial charge in [-0.2, -0.15) is 0 Å². The highest BCUT2D eigenvalue weighted by atomic mass is 16.3. The smallest absolute Gasteiger partial charge is 0.0747 e. The monoisotopic (exact) mass is 140 g/mol. The molecule has 58 valence electrons. The molecule has 1 nitrogen and oxygen atoms in total. The van der Waals surface area contributed by atoms with E-state index in [1.54, 1.807) is 0 Å². The third kappa shape index (κ3) is 1.84. The van der Waals surface area contributed by atoms with Crippen molar-refractivity contribution in [3.8, 4) is 0 Å². The van der Waals surface area contributed by atoms with E-state index >= 15 is 0 Å². The first-order valence-corrected chi connectivity index (χ1v) is 4.21. The van der Waals surface area contributed by atoms with Crippen LogP contribution in [0.1, 0.15) is 39.0 Å². The molecule has 0 unspecified atom stereocenters. The molecule has 0 aromatic rings. The minimum Gasteiger partial charge on any atom is -0.389 e. The van der Waals surface area contributed by atoms with Crippen molar-refractivity contribution in [2.75, 3.05) is 0 Å². The predicted molar refractivity (Wildman–Crippen MR) is 42.8 cm³/mol. The van der Waals surface area contributed by atoms with Crippen LogP contribution in [0.5, 0.6) is 0 Å².